The number of hydrogen-bond donors (Lipinski definition) is 0. The minimum Gasteiger partial charge on any atom is -0.465 e. The van der Waals surface area contributed by atoms with E-state index in [1.54, 1.807) is 6.07 Å². The van der Waals surface area contributed by atoms with Crippen LogP contribution in [0.15, 0.2) is 23.1 Å². The SMILES string of the molecule is COC(=O)c1cc(F)ccc1SC. The van der Waals surface area contributed by atoms with Crippen molar-refractivity contribution in [2.75, 3.05) is 13.4 Å². The summed E-state index contributed by atoms with van der Waals surface area (Å²) in [5, 5.41) is 0. The highest BCUT2D eigenvalue weighted by atomic mass is 32.2. The van der Waals surface area contributed by atoms with Gasteiger partial charge < -0.3 is 4.74 Å². The predicted molar refractivity (Wildman–Crippen MR) is 49.5 cm³/mol. The minimum absolute atomic E-state index is 0.273. The number of halogens is 1. The lowest BCUT2D eigenvalue weighted by Crippen LogP contribution is -2.03. The second-order valence-electron chi connectivity index (χ2n) is 2.34. The molecule has 0 aromatic heterocycles. The average Bonchev–Trinajstić information content (AvgIpc) is 2.16. The zero-order chi connectivity index (χ0) is 9.84. The molecule has 0 bridgehead atoms. The molecule has 2 nitrogen and oxygen atoms in total. The summed E-state index contributed by atoms with van der Waals surface area (Å²) in [7, 11) is 1.28. The summed E-state index contributed by atoms with van der Waals surface area (Å²) < 4.78 is 17.3. The molecule has 4 heteroatoms. The van der Waals surface area contributed by atoms with Gasteiger partial charge in [-0.2, -0.15) is 0 Å². The van der Waals surface area contributed by atoms with E-state index in [2.05, 4.69) is 4.74 Å². The molecule has 1 aromatic rings. The summed E-state index contributed by atoms with van der Waals surface area (Å²) in [6, 6.07) is 4.06. The lowest BCUT2D eigenvalue weighted by molar-refractivity contribution is 0.0596. The van der Waals surface area contributed by atoms with Crippen LogP contribution in [-0.2, 0) is 4.74 Å². The zero-order valence-corrected chi connectivity index (χ0v) is 8.15. The van der Waals surface area contributed by atoms with Crippen LogP contribution in [0.2, 0.25) is 0 Å². The summed E-state index contributed by atoms with van der Waals surface area (Å²) >= 11 is 1.38. The first-order valence-electron chi connectivity index (χ1n) is 3.61. The van der Waals surface area contributed by atoms with Gasteiger partial charge in [0.05, 0.1) is 12.7 Å². The fraction of sp³-hybridized carbons (Fsp3) is 0.222. The van der Waals surface area contributed by atoms with Crippen molar-refractivity contribution in [2.45, 2.75) is 4.90 Å². The molecular weight excluding hydrogens is 191 g/mol. The van der Waals surface area contributed by atoms with Crippen LogP contribution in [0.1, 0.15) is 10.4 Å². The Kier molecular flexibility index (Phi) is 3.31. The van der Waals surface area contributed by atoms with Crippen molar-refractivity contribution in [1.29, 1.82) is 0 Å². The molecule has 0 aliphatic heterocycles. The van der Waals surface area contributed by atoms with Gasteiger partial charge in [-0.25, -0.2) is 9.18 Å². The van der Waals surface area contributed by atoms with E-state index in [0.717, 1.165) is 0 Å². The number of methoxy groups -OCH3 is 1. The quantitative estimate of drug-likeness (QED) is 0.541. The molecule has 0 aliphatic carbocycles. The number of benzene rings is 1. The van der Waals surface area contributed by atoms with Crippen LogP contribution in [0.4, 0.5) is 4.39 Å². The lowest BCUT2D eigenvalue weighted by atomic mass is 10.2. The molecule has 0 saturated heterocycles. The summed E-state index contributed by atoms with van der Waals surface area (Å²) in [5.41, 5.74) is 0.273. The Morgan fingerprint density at radius 1 is 1.54 bits per heavy atom. The van der Waals surface area contributed by atoms with E-state index in [9.17, 15) is 9.18 Å². The third kappa shape index (κ3) is 2.21. The van der Waals surface area contributed by atoms with Crippen molar-refractivity contribution in [3.63, 3.8) is 0 Å². The smallest absolute Gasteiger partial charge is 0.339 e. The topological polar surface area (TPSA) is 26.3 Å². The first-order valence-corrected chi connectivity index (χ1v) is 4.83. The van der Waals surface area contributed by atoms with Crippen LogP contribution in [0, 0.1) is 5.82 Å². The van der Waals surface area contributed by atoms with Crippen molar-refractivity contribution in [3.05, 3.63) is 29.6 Å². The highest BCUT2D eigenvalue weighted by Gasteiger charge is 2.11. The molecule has 70 valence electrons. The van der Waals surface area contributed by atoms with Crippen LogP contribution in [-0.4, -0.2) is 19.3 Å². The van der Waals surface area contributed by atoms with Gasteiger partial charge in [-0.15, -0.1) is 11.8 Å². The Morgan fingerprint density at radius 2 is 2.23 bits per heavy atom. The van der Waals surface area contributed by atoms with E-state index >= 15 is 0 Å². The zero-order valence-electron chi connectivity index (χ0n) is 7.33. The molecule has 0 amide bonds. The average molecular weight is 200 g/mol. The van der Waals surface area contributed by atoms with Crippen LogP contribution in [0.25, 0.3) is 0 Å². The molecule has 0 atom stereocenters. The van der Waals surface area contributed by atoms with Crippen molar-refractivity contribution in [3.8, 4) is 0 Å². The second-order valence-corrected chi connectivity index (χ2v) is 3.18. The predicted octanol–water partition coefficient (Wildman–Crippen LogP) is 2.33. The normalized spacial score (nSPS) is 9.77. The summed E-state index contributed by atoms with van der Waals surface area (Å²) in [5.74, 6) is -0.943. The Bertz CT molecular complexity index is 325. The molecule has 0 fully saturated rings. The van der Waals surface area contributed by atoms with Gasteiger partial charge in [-0.3, -0.25) is 0 Å². The molecule has 1 aromatic carbocycles. The van der Waals surface area contributed by atoms with Crippen molar-refractivity contribution in [2.24, 2.45) is 0 Å². The van der Waals surface area contributed by atoms with Crippen LogP contribution >= 0.6 is 11.8 Å². The number of esters is 1. The molecule has 1 rings (SSSR count). The third-order valence-corrected chi connectivity index (χ3v) is 2.36. The molecule has 0 unspecified atom stereocenters. The number of carbonyl (C=O) groups excluding carboxylic acids is 1. The number of thioether (sulfide) groups is 1. The maximum atomic E-state index is 12.8. The minimum atomic E-state index is -0.510. The van der Waals surface area contributed by atoms with Gasteiger partial charge >= 0.3 is 5.97 Å². The van der Waals surface area contributed by atoms with E-state index in [0.29, 0.717) is 4.90 Å². The van der Waals surface area contributed by atoms with Gasteiger partial charge in [-0.05, 0) is 24.5 Å². The number of ether oxygens (including phenoxy) is 1. The first-order chi connectivity index (χ1) is 6.19. The van der Waals surface area contributed by atoms with Crippen molar-refractivity contribution >= 4 is 17.7 Å². The number of rotatable bonds is 2. The Hall–Kier alpha value is -1.03. The molecule has 0 radical (unpaired) electrons. The van der Waals surface area contributed by atoms with E-state index in [1.807, 2.05) is 6.26 Å². The van der Waals surface area contributed by atoms with Crippen molar-refractivity contribution in [1.82, 2.24) is 0 Å². The lowest BCUT2D eigenvalue weighted by Gasteiger charge is -2.04. The largest absolute Gasteiger partial charge is 0.465 e. The maximum Gasteiger partial charge on any atom is 0.339 e. The van der Waals surface area contributed by atoms with Gasteiger partial charge in [0.1, 0.15) is 5.82 Å². The molecule has 0 spiro atoms. The fourth-order valence-corrected chi connectivity index (χ4v) is 1.52. The van der Waals surface area contributed by atoms with Gasteiger partial charge in [0, 0.05) is 4.90 Å². The van der Waals surface area contributed by atoms with E-state index < -0.39 is 11.8 Å². The van der Waals surface area contributed by atoms with E-state index in [1.165, 1.54) is 31.0 Å². The van der Waals surface area contributed by atoms with Gasteiger partial charge in [0.2, 0.25) is 0 Å². The molecule has 0 N–H and O–H groups in total. The molecule has 0 aliphatic rings. The van der Waals surface area contributed by atoms with Crippen LogP contribution < -0.4 is 0 Å². The summed E-state index contributed by atoms with van der Waals surface area (Å²) in [6.45, 7) is 0. The van der Waals surface area contributed by atoms with Crippen molar-refractivity contribution < 1.29 is 13.9 Å². The van der Waals surface area contributed by atoms with Crippen LogP contribution in [0.3, 0.4) is 0 Å². The maximum absolute atomic E-state index is 12.8. The monoisotopic (exact) mass is 200 g/mol. The number of hydrogen-bond acceptors (Lipinski definition) is 3. The van der Waals surface area contributed by atoms with Gasteiger partial charge in [-0.1, -0.05) is 0 Å². The fourth-order valence-electron chi connectivity index (χ4n) is 0.950. The first kappa shape index (κ1) is 10.1. The Labute approximate surface area is 80.1 Å². The standard InChI is InChI=1S/C9H9FO2S/c1-12-9(11)7-5-6(10)3-4-8(7)13-2/h3-5H,1-2H3. The van der Waals surface area contributed by atoms with Crippen LogP contribution in [0.5, 0.6) is 0 Å². The molecule has 13 heavy (non-hydrogen) atoms. The Morgan fingerprint density at radius 3 is 2.77 bits per heavy atom. The summed E-state index contributed by atoms with van der Waals surface area (Å²) in [4.78, 5) is 11.9. The number of carbonyl (C=O) groups is 1. The summed E-state index contributed by atoms with van der Waals surface area (Å²) in [6.07, 6.45) is 1.82. The molecule has 0 heterocycles. The van der Waals surface area contributed by atoms with E-state index in [4.69, 9.17) is 0 Å². The van der Waals surface area contributed by atoms with Gasteiger partial charge in [0.25, 0.3) is 0 Å². The molecular formula is C9H9FO2S. The van der Waals surface area contributed by atoms with Gasteiger partial charge in [0.15, 0.2) is 0 Å². The third-order valence-electron chi connectivity index (χ3n) is 1.57. The molecule has 0 saturated carbocycles. The Balaban J connectivity index is 3.15. The highest BCUT2D eigenvalue weighted by Crippen LogP contribution is 2.21. The second kappa shape index (κ2) is 4.28. The van der Waals surface area contributed by atoms with E-state index in [-0.39, 0.29) is 5.56 Å². The highest BCUT2D eigenvalue weighted by molar-refractivity contribution is 7.98.